The smallest absolute Gasteiger partial charge is 0.163 e. The molecule has 2 atom stereocenters. The van der Waals surface area contributed by atoms with Crippen LogP contribution in [0.5, 0.6) is 11.5 Å². The van der Waals surface area contributed by atoms with Crippen LogP contribution in [-0.4, -0.2) is 40.8 Å². The predicted octanol–water partition coefficient (Wildman–Crippen LogP) is 4.27. The van der Waals surface area contributed by atoms with Crippen LogP contribution in [0, 0.1) is 5.82 Å². The number of carbonyl (C=O) groups excluding carboxylic acids is 1. The molecule has 1 aliphatic heterocycles. The van der Waals surface area contributed by atoms with E-state index in [1.807, 2.05) is 25.1 Å². The number of nitrogens with two attached hydrogens (primary N) is 1. The van der Waals surface area contributed by atoms with Gasteiger partial charge in [-0.15, -0.1) is 0 Å². The van der Waals surface area contributed by atoms with Gasteiger partial charge in [-0.1, -0.05) is 12.2 Å². The van der Waals surface area contributed by atoms with Gasteiger partial charge in [-0.2, -0.15) is 0 Å². The average molecular weight is 519 g/mol. The molecular weight excluding hydrogens is 487 g/mol. The normalized spacial score (nSPS) is 19.0. The highest BCUT2D eigenvalue weighted by molar-refractivity contribution is 5.97. The summed E-state index contributed by atoms with van der Waals surface area (Å²) in [7, 11) is 0. The number of ether oxygens (including phenoxy) is 2. The number of fused-ring (bicyclic) bond motifs is 2. The number of hydrogen-bond acceptors (Lipinski definition) is 7. The van der Waals surface area contributed by atoms with E-state index >= 15 is 0 Å². The Labute approximate surface area is 220 Å². The molecule has 3 aromatic rings. The van der Waals surface area contributed by atoms with Gasteiger partial charge in [0, 0.05) is 28.7 Å². The molecule has 0 amide bonds. The van der Waals surface area contributed by atoms with Crippen molar-refractivity contribution in [1.29, 1.82) is 0 Å². The van der Waals surface area contributed by atoms with Crippen LogP contribution in [0.25, 0.3) is 17.3 Å². The van der Waals surface area contributed by atoms with Crippen molar-refractivity contribution >= 4 is 11.9 Å². The van der Waals surface area contributed by atoms with E-state index in [2.05, 4.69) is 0 Å². The molecule has 8 heteroatoms. The maximum absolute atomic E-state index is 13.6. The van der Waals surface area contributed by atoms with Crippen molar-refractivity contribution in [3.8, 4) is 22.8 Å². The molecule has 2 aromatic carbocycles. The predicted molar refractivity (Wildman–Crippen MR) is 142 cm³/mol. The Balaban J connectivity index is 1.43. The van der Waals surface area contributed by atoms with Crippen molar-refractivity contribution in [2.75, 3.05) is 19.8 Å². The second-order valence-corrected chi connectivity index (χ2v) is 10.4. The molecule has 1 aromatic heterocycles. The van der Waals surface area contributed by atoms with E-state index in [0.717, 1.165) is 11.1 Å². The van der Waals surface area contributed by atoms with Gasteiger partial charge in [-0.25, -0.2) is 9.37 Å². The summed E-state index contributed by atoms with van der Waals surface area (Å²) in [5.74, 6) is 0.583. The standard InChI is InChI=1S/C30H31FN2O5/c1-29(32)17-38-28-23(29)16-26(33-27(28)18-6-8-21(31)9-7-18)30(2,36)11-10-24(35)20-14-19-4-3-5-22(19)25(15-20)37-13-12-34/h3-4,6-9,14-16,34,36H,5,10-13,17,32H2,1-2H3/t29-,30-/m1/s1. The van der Waals surface area contributed by atoms with E-state index in [-0.39, 0.29) is 44.3 Å². The molecule has 0 unspecified atom stereocenters. The van der Waals surface area contributed by atoms with Crippen molar-refractivity contribution in [3.63, 3.8) is 0 Å². The van der Waals surface area contributed by atoms with Crippen molar-refractivity contribution < 1.29 is 28.9 Å². The van der Waals surface area contributed by atoms with Gasteiger partial charge in [0.15, 0.2) is 11.5 Å². The lowest BCUT2D eigenvalue weighted by atomic mass is 9.87. The lowest BCUT2D eigenvalue weighted by molar-refractivity contribution is 0.0396. The van der Waals surface area contributed by atoms with E-state index in [9.17, 15) is 14.3 Å². The highest BCUT2D eigenvalue weighted by Gasteiger charge is 2.38. The minimum Gasteiger partial charge on any atom is -0.491 e. The fourth-order valence-corrected chi connectivity index (χ4v) is 4.90. The Morgan fingerprint density at radius 3 is 2.76 bits per heavy atom. The van der Waals surface area contributed by atoms with Crippen LogP contribution in [0.15, 0.2) is 48.5 Å². The number of aliphatic hydroxyl groups excluding tert-OH is 1. The fraction of sp³-hybridized carbons (Fsp3) is 0.333. The molecule has 2 heterocycles. The zero-order valence-electron chi connectivity index (χ0n) is 21.5. The number of nitrogens with zero attached hydrogens (tertiary/aromatic N) is 1. The first-order valence-electron chi connectivity index (χ1n) is 12.7. The first-order chi connectivity index (χ1) is 18.1. The molecule has 7 nitrogen and oxygen atoms in total. The molecule has 5 rings (SSSR count). The van der Waals surface area contributed by atoms with E-state index in [1.165, 1.54) is 12.1 Å². The topological polar surface area (TPSA) is 115 Å². The van der Waals surface area contributed by atoms with E-state index in [1.54, 1.807) is 31.2 Å². The summed E-state index contributed by atoms with van der Waals surface area (Å²) in [6.45, 7) is 3.73. The number of benzene rings is 2. The quantitative estimate of drug-likeness (QED) is 0.363. The molecule has 0 spiro atoms. The highest BCUT2D eigenvalue weighted by atomic mass is 19.1. The van der Waals surface area contributed by atoms with Crippen molar-refractivity contribution in [2.45, 2.75) is 44.2 Å². The minimum absolute atomic E-state index is 0.0655. The zero-order chi connectivity index (χ0) is 27.1. The van der Waals surface area contributed by atoms with Crippen LogP contribution >= 0.6 is 0 Å². The van der Waals surface area contributed by atoms with Gasteiger partial charge in [0.2, 0.25) is 0 Å². The Morgan fingerprint density at radius 2 is 2.03 bits per heavy atom. The van der Waals surface area contributed by atoms with Crippen LogP contribution in [-0.2, 0) is 17.6 Å². The largest absolute Gasteiger partial charge is 0.491 e. The molecule has 0 radical (unpaired) electrons. The van der Waals surface area contributed by atoms with Crippen LogP contribution < -0.4 is 15.2 Å². The number of rotatable bonds is 9. The summed E-state index contributed by atoms with van der Waals surface area (Å²) in [4.78, 5) is 17.9. The number of hydrogen-bond donors (Lipinski definition) is 3. The van der Waals surface area contributed by atoms with Crippen LogP contribution in [0.4, 0.5) is 4.39 Å². The molecule has 2 aliphatic rings. The van der Waals surface area contributed by atoms with E-state index in [0.29, 0.717) is 46.0 Å². The molecule has 0 bridgehead atoms. The third kappa shape index (κ3) is 4.95. The molecule has 1 aliphatic carbocycles. The van der Waals surface area contributed by atoms with Gasteiger partial charge < -0.3 is 25.4 Å². The number of pyridine rings is 1. The van der Waals surface area contributed by atoms with Crippen molar-refractivity contribution in [1.82, 2.24) is 4.98 Å². The summed E-state index contributed by atoms with van der Waals surface area (Å²) < 4.78 is 25.1. The number of Topliss-reactive ketones (excluding diaryl/α,β-unsaturated/α-hetero) is 1. The Kier molecular flexibility index (Phi) is 6.81. The van der Waals surface area contributed by atoms with Gasteiger partial charge in [0.05, 0.1) is 17.8 Å². The SMILES string of the molecule is C[C@@]1(N)COc2c1cc([C@](C)(O)CCC(=O)c1cc3c(c(OCCO)c1)CC=C3)nc2-c1ccc(F)cc1. The Bertz CT molecular complexity index is 1410. The minimum atomic E-state index is -1.45. The van der Waals surface area contributed by atoms with Gasteiger partial charge in [0.1, 0.15) is 36.1 Å². The van der Waals surface area contributed by atoms with Gasteiger partial charge in [0.25, 0.3) is 0 Å². The van der Waals surface area contributed by atoms with E-state index in [4.69, 9.17) is 25.3 Å². The molecule has 0 saturated carbocycles. The number of aliphatic hydroxyl groups is 2. The molecule has 4 N–H and O–H groups in total. The number of carbonyl (C=O) groups is 1. The lowest BCUT2D eigenvalue weighted by Gasteiger charge is -2.25. The van der Waals surface area contributed by atoms with Crippen LogP contribution in [0.3, 0.4) is 0 Å². The monoisotopic (exact) mass is 518 g/mol. The number of aromatic nitrogens is 1. The van der Waals surface area contributed by atoms with Crippen molar-refractivity contribution in [3.05, 3.63) is 82.3 Å². The van der Waals surface area contributed by atoms with Crippen molar-refractivity contribution in [2.24, 2.45) is 5.73 Å². The van der Waals surface area contributed by atoms with Gasteiger partial charge in [-0.05, 0) is 74.7 Å². The highest BCUT2D eigenvalue weighted by Crippen LogP contribution is 2.44. The molecule has 198 valence electrons. The fourth-order valence-electron chi connectivity index (χ4n) is 4.90. The number of halogens is 1. The zero-order valence-corrected chi connectivity index (χ0v) is 21.5. The number of allylic oxidation sites excluding steroid dienone is 1. The Morgan fingerprint density at radius 1 is 1.26 bits per heavy atom. The summed E-state index contributed by atoms with van der Waals surface area (Å²) in [5, 5.41) is 20.7. The number of ketones is 1. The average Bonchev–Trinajstić information content (AvgIpc) is 3.50. The molecular formula is C30H31FN2O5. The molecule has 0 fully saturated rings. The maximum Gasteiger partial charge on any atom is 0.163 e. The van der Waals surface area contributed by atoms with Gasteiger partial charge >= 0.3 is 0 Å². The summed E-state index contributed by atoms with van der Waals surface area (Å²) >= 11 is 0. The molecule has 0 saturated heterocycles. The van der Waals surface area contributed by atoms with E-state index < -0.39 is 11.1 Å². The third-order valence-corrected chi connectivity index (χ3v) is 7.15. The summed E-state index contributed by atoms with van der Waals surface area (Å²) in [5.41, 5.74) is 8.78. The van der Waals surface area contributed by atoms with Crippen LogP contribution in [0.1, 0.15) is 59.4 Å². The Hall–Kier alpha value is -3.59. The molecule has 38 heavy (non-hydrogen) atoms. The summed E-state index contributed by atoms with van der Waals surface area (Å²) in [6.07, 6.45) is 4.84. The first kappa shape index (κ1) is 26.0. The second-order valence-electron chi connectivity index (χ2n) is 10.4. The maximum atomic E-state index is 13.6. The van der Waals surface area contributed by atoms with Gasteiger partial charge in [-0.3, -0.25) is 4.79 Å². The first-order valence-corrected chi connectivity index (χ1v) is 12.7. The lowest BCUT2D eigenvalue weighted by Crippen LogP contribution is -2.35. The third-order valence-electron chi connectivity index (χ3n) is 7.15. The second kappa shape index (κ2) is 9.94. The van der Waals surface area contributed by atoms with Crippen LogP contribution in [0.2, 0.25) is 0 Å². The summed E-state index contributed by atoms with van der Waals surface area (Å²) in [6, 6.07) is 11.2.